The fraction of sp³-hybridized carbons (Fsp3) is 0.588. The van der Waals surface area contributed by atoms with Gasteiger partial charge in [-0.15, -0.1) is 0 Å². The first-order valence-corrected chi connectivity index (χ1v) is 8.49. The molecule has 7 nitrogen and oxygen atoms in total. The van der Waals surface area contributed by atoms with Crippen molar-refractivity contribution in [2.75, 3.05) is 31.6 Å². The number of fused-ring (bicyclic) bond motifs is 2. The number of likely N-dealkylation sites (tertiary alicyclic amines) is 1. The molecule has 2 N–H and O–H groups in total. The van der Waals surface area contributed by atoms with Crippen LogP contribution in [0.2, 0.25) is 0 Å². The molecule has 4 rings (SSSR count). The molecule has 7 heteroatoms. The molecule has 2 aromatic heterocycles. The summed E-state index contributed by atoms with van der Waals surface area (Å²) in [6.45, 7) is 3.42. The van der Waals surface area contributed by atoms with Crippen molar-refractivity contribution in [1.29, 1.82) is 0 Å². The van der Waals surface area contributed by atoms with Gasteiger partial charge in [0.2, 0.25) is 5.91 Å². The van der Waals surface area contributed by atoms with Gasteiger partial charge in [-0.05, 0) is 30.2 Å². The van der Waals surface area contributed by atoms with E-state index in [2.05, 4.69) is 33.8 Å². The molecular formula is C17H23N5O2. The third-order valence-electron chi connectivity index (χ3n) is 5.97. The highest BCUT2D eigenvalue weighted by molar-refractivity contribution is 5.87. The van der Waals surface area contributed by atoms with Gasteiger partial charge in [0.25, 0.3) is 0 Å². The van der Waals surface area contributed by atoms with Gasteiger partial charge in [-0.3, -0.25) is 4.79 Å². The number of hydrogen-bond acceptors (Lipinski definition) is 5. The highest BCUT2D eigenvalue weighted by atomic mass is 16.3. The standard InChI is InChI=1S/C17H23N5O2/c1-10-13-7-22(15(24)8-23)6-11(13)5-14(10)21(2)17-12-3-4-18-16(12)19-9-20-17/h3-4,9-11,13-14,23H,5-8H2,1-2H3,(H,18,19,20). The SMILES string of the molecule is CC1C2CN(C(=O)CO)CC2CC1N(C)c1ncnc2[nH]ccc12. The summed E-state index contributed by atoms with van der Waals surface area (Å²) in [5.41, 5.74) is 0.859. The van der Waals surface area contributed by atoms with E-state index >= 15 is 0 Å². The first-order chi connectivity index (χ1) is 11.6. The number of carbonyl (C=O) groups excluding carboxylic acids is 1. The molecule has 2 aliphatic rings. The molecule has 1 aliphatic carbocycles. The fourth-order valence-electron chi connectivity index (χ4n) is 4.66. The molecule has 4 atom stereocenters. The summed E-state index contributed by atoms with van der Waals surface area (Å²) in [4.78, 5) is 27.8. The number of aliphatic hydroxyl groups excluding tert-OH is 1. The minimum Gasteiger partial charge on any atom is -0.387 e. The lowest BCUT2D eigenvalue weighted by Crippen LogP contribution is -2.39. The Morgan fingerprint density at radius 3 is 3.04 bits per heavy atom. The molecule has 0 bridgehead atoms. The van der Waals surface area contributed by atoms with E-state index in [1.54, 1.807) is 6.33 Å². The minimum absolute atomic E-state index is 0.147. The Balaban J connectivity index is 1.55. The van der Waals surface area contributed by atoms with Gasteiger partial charge >= 0.3 is 0 Å². The van der Waals surface area contributed by atoms with Crippen LogP contribution in [0.3, 0.4) is 0 Å². The first-order valence-electron chi connectivity index (χ1n) is 8.49. The predicted octanol–water partition coefficient (Wildman–Crippen LogP) is 0.869. The third-order valence-corrected chi connectivity index (χ3v) is 5.97. The van der Waals surface area contributed by atoms with Crippen molar-refractivity contribution in [1.82, 2.24) is 19.9 Å². The van der Waals surface area contributed by atoms with Gasteiger partial charge in [0, 0.05) is 32.4 Å². The number of aliphatic hydroxyl groups is 1. The summed E-state index contributed by atoms with van der Waals surface area (Å²) in [6.07, 6.45) is 4.54. The maximum Gasteiger partial charge on any atom is 0.248 e. The largest absolute Gasteiger partial charge is 0.387 e. The van der Waals surface area contributed by atoms with Crippen molar-refractivity contribution in [3.05, 3.63) is 18.6 Å². The predicted molar refractivity (Wildman–Crippen MR) is 90.5 cm³/mol. The monoisotopic (exact) mass is 329 g/mol. The van der Waals surface area contributed by atoms with E-state index in [1.165, 1.54) is 0 Å². The zero-order chi connectivity index (χ0) is 16.8. The van der Waals surface area contributed by atoms with Crippen molar-refractivity contribution >= 4 is 22.8 Å². The Labute approximate surface area is 140 Å². The van der Waals surface area contributed by atoms with Crippen LogP contribution in [-0.2, 0) is 4.79 Å². The van der Waals surface area contributed by atoms with E-state index in [0.29, 0.717) is 23.8 Å². The Kier molecular flexibility index (Phi) is 3.68. The number of H-pyrrole nitrogens is 1. The van der Waals surface area contributed by atoms with Crippen LogP contribution in [0.5, 0.6) is 0 Å². The Morgan fingerprint density at radius 1 is 1.46 bits per heavy atom. The fourth-order valence-corrected chi connectivity index (χ4v) is 4.66. The highest BCUT2D eigenvalue weighted by Gasteiger charge is 2.48. The zero-order valence-corrected chi connectivity index (χ0v) is 14.0. The van der Waals surface area contributed by atoms with Crippen LogP contribution >= 0.6 is 0 Å². The molecule has 4 unspecified atom stereocenters. The summed E-state index contributed by atoms with van der Waals surface area (Å²) < 4.78 is 0. The smallest absolute Gasteiger partial charge is 0.248 e. The minimum atomic E-state index is -0.385. The normalized spacial score (nSPS) is 29.2. The topological polar surface area (TPSA) is 85.3 Å². The molecule has 2 fully saturated rings. The van der Waals surface area contributed by atoms with Gasteiger partial charge in [-0.25, -0.2) is 9.97 Å². The average molecular weight is 329 g/mol. The summed E-state index contributed by atoms with van der Waals surface area (Å²) in [5.74, 6) is 2.29. The second kappa shape index (κ2) is 5.73. The number of rotatable bonds is 3. The maximum absolute atomic E-state index is 11.8. The molecule has 1 amide bonds. The number of hydrogen-bond donors (Lipinski definition) is 2. The van der Waals surface area contributed by atoms with Gasteiger partial charge in [-0.2, -0.15) is 0 Å². The van der Waals surface area contributed by atoms with E-state index in [1.807, 2.05) is 17.2 Å². The summed E-state index contributed by atoms with van der Waals surface area (Å²) >= 11 is 0. The van der Waals surface area contributed by atoms with Crippen LogP contribution < -0.4 is 4.90 Å². The molecule has 1 aliphatic heterocycles. The molecule has 0 aromatic carbocycles. The van der Waals surface area contributed by atoms with E-state index in [0.717, 1.165) is 36.4 Å². The number of amides is 1. The maximum atomic E-state index is 11.8. The van der Waals surface area contributed by atoms with Crippen LogP contribution in [0.25, 0.3) is 11.0 Å². The van der Waals surface area contributed by atoms with Crippen molar-refractivity contribution in [2.45, 2.75) is 19.4 Å². The Bertz CT molecular complexity index is 760. The first kappa shape index (κ1) is 15.4. The Morgan fingerprint density at radius 2 is 2.29 bits per heavy atom. The van der Waals surface area contributed by atoms with Crippen LogP contribution in [0, 0.1) is 17.8 Å². The summed E-state index contributed by atoms with van der Waals surface area (Å²) in [7, 11) is 2.10. The zero-order valence-electron chi connectivity index (χ0n) is 14.0. The number of nitrogens with one attached hydrogen (secondary N) is 1. The number of aromatic amines is 1. The van der Waals surface area contributed by atoms with Crippen molar-refractivity contribution in [3.63, 3.8) is 0 Å². The second-order valence-corrected chi connectivity index (χ2v) is 7.09. The van der Waals surface area contributed by atoms with Gasteiger partial charge in [0.05, 0.1) is 5.39 Å². The average Bonchev–Trinajstić information content (AvgIpc) is 3.29. The lowest BCUT2D eigenvalue weighted by atomic mass is 9.93. The van der Waals surface area contributed by atoms with Crippen molar-refractivity contribution in [2.24, 2.45) is 17.8 Å². The Hall–Kier alpha value is -2.15. The molecule has 2 aromatic rings. The molecule has 1 saturated carbocycles. The van der Waals surface area contributed by atoms with E-state index in [9.17, 15) is 4.79 Å². The molecule has 3 heterocycles. The van der Waals surface area contributed by atoms with Gasteiger partial charge in [0.1, 0.15) is 24.4 Å². The van der Waals surface area contributed by atoms with Crippen LogP contribution in [0.15, 0.2) is 18.6 Å². The van der Waals surface area contributed by atoms with Crippen LogP contribution in [0.1, 0.15) is 13.3 Å². The third kappa shape index (κ3) is 2.26. The highest BCUT2D eigenvalue weighted by Crippen LogP contribution is 2.45. The van der Waals surface area contributed by atoms with Crippen LogP contribution in [0.4, 0.5) is 5.82 Å². The van der Waals surface area contributed by atoms with Gasteiger partial charge in [0.15, 0.2) is 0 Å². The van der Waals surface area contributed by atoms with Crippen molar-refractivity contribution < 1.29 is 9.90 Å². The van der Waals surface area contributed by atoms with E-state index in [4.69, 9.17) is 5.11 Å². The summed E-state index contributed by atoms with van der Waals surface area (Å²) in [6, 6.07) is 2.42. The van der Waals surface area contributed by atoms with Crippen molar-refractivity contribution in [3.8, 4) is 0 Å². The lowest BCUT2D eigenvalue weighted by molar-refractivity contribution is -0.133. The van der Waals surface area contributed by atoms with E-state index < -0.39 is 0 Å². The number of nitrogens with zero attached hydrogens (tertiary/aromatic N) is 4. The van der Waals surface area contributed by atoms with E-state index in [-0.39, 0.29) is 12.5 Å². The second-order valence-electron chi connectivity index (χ2n) is 7.09. The molecule has 0 radical (unpaired) electrons. The molecule has 24 heavy (non-hydrogen) atoms. The number of anilines is 1. The molecule has 1 saturated heterocycles. The van der Waals surface area contributed by atoms with Gasteiger partial charge in [-0.1, -0.05) is 6.92 Å². The molecular weight excluding hydrogens is 306 g/mol. The lowest BCUT2D eigenvalue weighted by Gasteiger charge is -2.31. The van der Waals surface area contributed by atoms with Gasteiger partial charge < -0.3 is 19.9 Å². The number of carbonyl (C=O) groups is 1. The quantitative estimate of drug-likeness (QED) is 0.873. The van der Waals surface area contributed by atoms with Crippen LogP contribution in [-0.4, -0.2) is 63.7 Å². The summed E-state index contributed by atoms with van der Waals surface area (Å²) in [5, 5.41) is 10.1. The molecule has 0 spiro atoms. The number of aromatic nitrogens is 3. The molecule has 128 valence electrons.